The molecule has 0 radical (unpaired) electrons. The van der Waals surface area contributed by atoms with Gasteiger partial charge in [-0.2, -0.15) is 9.98 Å². The molecule has 58 valence electrons. The molecule has 0 saturated carbocycles. The number of guanidine groups is 1. The lowest BCUT2D eigenvalue weighted by Gasteiger charge is -1.93. The van der Waals surface area contributed by atoms with Crippen LogP contribution < -0.4 is 17.2 Å². The fourth-order valence-corrected chi connectivity index (χ4v) is 0.558. The van der Waals surface area contributed by atoms with Gasteiger partial charge >= 0.3 is 0 Å². The van der Waals surface area contributed by atoms with E-state index in [1.54, 1.807) is 6.07 Å². The highest BCUT2D eigenvalue weighted by Crippen LogP contribution is 2.05. The summed E-state index contributed by atoms with van der Waals surface area (Å²) in [5.41, 5.74) is 15.5. The van der Waals surface area contributed by atoms with Crippen molar-refractivity contribution in [2.45, 2.75) is 0 Å². The van der Waals surface area contributed by atoms with Crippen LogP contribution in [0.15, 0.2) is 17.3 Å². The zero-order chi connectivity index (χ0) is 8.27. The Morgan fingerprint density at radius 3 is 2.73 bits per heavy atom. The molecule has 0 aliphatic rings. The van der Waals surface area contributed by atoms with Crippen molar-refractivity contribution in [3.63, 3.8) is 0 Å². The lowest BCUT2D eigenvalue weighted by Crippen LogP contribution is -2.22. The number of anilines is 1. The second kappa shape index (κ2) is 2.82. The van der Waals surface area contributed by atoms with Crippen molar-refractivity contribution in [3.05, 3.63) is 12.3 Å². The Balaban J connectivity index is 2.97. The molecule has 0 atom stereocenters. The third kappa shape index (κ3) is 2.09. The van der Waals surface area contributed by atoms with Crippen LogP contribution >= 0.6 is 0 Å². The summed E-state index contributed by atoms with van der Waals surface area (Å²) in [6.07, 6.45) is 1.48. The predicted molar refractivity (Wildman–Crippen MR) is 41.9 cm³/mol. The second-order valence-corrected chi connectivity index (χ2v) is 1.81. The van der Waals surface area contributed by atoms with Crippen LogP contribution in [0.4, 0.5) is 11.8 Å². The fraction of sp³-hybridized carbons (Fsp3) is 0. The Labute approximate surface area is 63.2 Å². The molecular weight excluding hydrogens is 144 g/mol. The number of nitrogen functional groups attached to an aromatic ring is 1. The van der Waals surface area contributed by atoms with E-state index in [2.05, 4.69) is 15.0 Å². The van der Waals surface area contributed by atoms with E-state index in [-0.39, 0.29) is 11.9 Å². The Hall–Kier alpha value is -1.85. The zero-order valence-electron chi connectivity index (χ0n) is 5.73. The molecule has 1 rings (SSSR count). The third-order valence-electron chi connectivity index (χ3n) is 0.903. The average Bonchev–Trinajstić information content (AvgIpc) is 1.85. The van der Waals surface area contributed by atoms with Crippen LogP contribution in [0.3, 0.4) is 0 Å². The number of aliphatic imine (C=N–C) groups is 1. The lowest BCUT2D eigenvalue weighted by atomic mass is 10.6. The van der Waals surface area contributed by atoms with Gasteiger partial charge in [-0.05, 0) is 0 Å². The van der Waals surface area contributed by atoms with Crippen molar-refractivity contribution in [3.8, 4) is 0 Å². The standard InChI is InChI=1S/C5H8N6/c6-4(7)10-3-1-2-9-5(8)11-3/h1-2H,(H6,6,7,8,9,10,11). The number of nitrogens with two attached hydrogens (primary N) is 3. The molecule has 0 spiro atoms. The molecule has 0 aromatic carbocycles. The van der Waals surface area contributed by atoms with Gasteiger partial charge in [0.25, 0.3) is 0 Å². The van der Waals surface area contributed by atoms with Gasteiger partial charge in [0.15, 0.2) is 11.8 Å². The van der Waals surface area contributed by atoms with Gasteiger partial charge in [0.2, 0.25) is 5.95 Å². The first-order valence-corrected chi connectivity index (χ1v) is 2.86. The van der Waals surface area contributed by atoms with Crippen LogP contribution in [-0.2, 0) is 0 Å². The fourth-order valence-electron chi connectivity index (χ4n) is 0.558. The largest absolute Gasteiger partial charge is 0.370 e. The van der Waals surface area contributed by atoms with Gasteiger partial charge in [0, 0.05) is 12.3 Å². The summed E-state index contributed by atoms with van der Waals surface area (Å²) in [5.74, 6) is 0.452. The van der Waals surface area contributed by atoms with E-state index in [1.165, 1.54) is 6.20 Å². The van der Waals surface area contributed by atoms with E-state index >= 15 is 0 Å². The molecule has 0 fully saturated rings. The van der Waals surface area contributed by atoms with Crippen LogP contribution in [-0.4, -0.2) is 15.9 Å². The summed E-state index contributed by atoms with van der Waals surface area (Å²) in [5, 5.41) is 0. The van der Waals surface area contributed by atoms with Crippen LogP contribution in [0.1, 0.15) is 0 Å². The van der Waals surface area contributed by atoms with Crippen LogP contribution in [0.25, 0.3) is 0 Å². The summed E-state index contributed by atoms with van der Waals surface area (Å²) in [7, 11) is 0. The van der Waals surface area contributed by atoms with Crippen molar-refractivity contribution in [1.29, 1.82) is 0 Å². The first-order valence-electron chi connectivity index (χ1n) is 2.86. The number of nitrogens with zero attached hydrogens (tertiary/aromatic N) is 3. The van der Waals surface area contributed by atoms with Gasteiger partial charge in [0.05, 0.1) is 0 Å². The Kier molecular flexibility index (Phi) is 1.86. The maximum absolute atomic E-state index is 5.26. The number of rotatable bonds is 1. The van der Waals surface area contributed by atoms with Gasteiger partial charge in [-0.25, -0.2) is 4.98 Å². The molecule has 1 aromatic rings. The van der Waals surface area contributed by atoms with Crippen LogP contribution in [0, 0.1) is 0 Å². The van der Waals surface area contributed by atoms with E-state index in [0.29, 0.717) is 5.82 Å². The Bertz CT molecular complexity index is 276. The number of hydrogen-bond acceptors (Lipinski definition) is 4. The maximum atomic E-state index is 5.26. The molecule has 0 unspecified atom stereocenters. The predicted octanol–water partition coefficient (Wildman–Crippen LogP) is -1.04. The minimum Gasteiger partial charge on any atom is -0.370 e. The minimum absolute atomic E-state index is 0.0527. The quantitative estimate of drug-likeness (QED) is 0.351. The third-order valence-corrected chi connectivity index (χ3v) is 0.903. The first-order chi connectivity index (χ1) is 5.18. The summed E-state index contributed by atoms with van der Waals surface area (Å²) < 4.78 is 0. The summed E-state index contributed by atoms with van der Waals surface area (Å²) >= 11 is 0. The highest BCUT2D eigenvalue weighted by atomic mass is 15.1. The monoisotopic (exact) mass is 152 g/mol. The molecular formula is C5H8N6. The van der Waals surface area contributed by atoms with E-state index in [9.17, 15) is 0 Å². The number of aromatic nitrogens is 2. The van der Waals surface area contributed by atoms with E-state index in [4.69, 9.17) is 17.2 Å². The van der Waals surface area contributed by atoms with E-state index in [0.717, 1.165) is 0 Å². The molecule has 0 aliphatic carbocycles. The van der Waals surface area contributed by atoms with Crippen molar-refractivity contribution < 1.29 is 0 Å². The summed E-state index contributed by atoms with van der Waals surface area (Å²) in [6.45, 7) is 0. The van der Waals surface area contributed by atoms with Gasteiger partial charge in [0.1, 0.15) is 0 Å². The topological polar surface area (TPSA) is 116 Å². The van der Waals surface area contributed by atoms with Crippen molar-refractivity contribution in [2.75, 3.05) is 5.73 Å². The van der Waals surface area contributed by atoms with E-state index in [1.807, 2.05) is 0 Å². The van der Waals surface area contributed by atoms with Crippen molar-refractivity contribution in [1.82, 2.24) is 9.97 Å². The molecule has 1 aromatic heterocycles. The lowest BCUT2D eigenvalue weighted by molar-refractivity contribution is 1.16. The normalized spacial score (nSPS) is 9.09. The Morgan fingerprint density at radius 2 is 2.18 bits per heavy atom. The van der Waals surface area contributed by atoms with Gasteiger partial charge < -0.3 is 17.2 Å². The smallest absolute Gasteiger partial charge is 0.222 e. The molecule has 6 heteroatoms. The molecule has 1 heterocycles. The molecule has 6 N–H and O–H groups in total. The van der Waals surface area contributed by atoms with Crippen molar-refractivity contribution >= 4 is 17.7 Å². The highest BCUT2D eigenvalue weighted by molar-refractivity contribution is 5.78. The highest BCUT2D eigenvalue weighted by Gasteiger charge is 1.91. The molecule has 0 amide bonds. The SMILES string of the molecule is NC(N)=Nc1ccnc(N)n1. The Morgan fingerprint density at radius 1 is 1.45 bits per heavy atom. The zero-order valence-corrected chi connectivity index (χ0v) is 5.73. The van der Waals surface area contributed by atoms with Crippen molar-refractivity contribution in [2.24, 2.45) is 16.5 Å². The molecule has 6 nitrogen and oxygen atoms in total. The second-order valence-electron chi connectivity index (χ2n) is 1.81. The van der Waals surface area contributed by atoms with E-state index < -0.39 is 0 Å². The molecule has 0 saturated heterocycles. The average molecular weight is 152 g/mol. The molecule has 0 bridgehead atoms. The summed E-state index contributed by atoms with van der Waals surface area (Å²) in [4.78, 5) is 11.1. The van der Waals surface area contributed by atoms with Gasteiger partial charge in [-0.15, -0.1) is 0 Å². The molecule has 11 heavy (non-hydrogen) atoms. The minimum atomic E-state index is -0.0527. The maximum Gasteiger partial charge on any atom is 0.222 e. The summed E-state index contributed by atoms with van der Waals surface area (Å²) in [6, 6.07) is 1.55. The van der Waals surface area contributed by atoms with Crippen LogP contribution in [0.5, 0.6) is 0 Å². The molecule has 0 aliphatic heterocycles. The van der Waals surface area contributed by atoms with Gasteiger partial charge in [-0.1, -0.05) is 0 Å². The van der Waals surface area contributed by atoms with Gasteiger partial charge in [-0.3, -0.25) is 0 Å². The first kappa shape index (κ1) is 7.26. The number of hydrogen-bond donors (Lipinski definition) is 3. The van der Waals surface area contributed by atoms with Crippen LogP contribution in [0.2, 0.25) is 0 Å².